The number of thiophene rings is 1. The first-order valence-corrected chi connectivity index (χ1v) is 13.6. The summed E-state index contributed by atoms with van der Waals surface area (Å²) in [6.45, 7) is 0.433. The molecule has 2 aliphatic rings. The molecule has 10 heteroatoms. The second-order valence-electron chi connectivity index (χ2n) is 8.71. The maximum Gasteiger partial charge on any atom is 0.304 e. The second-order valence-corrected chi connectivity index (χ2v) is 12.7. The van der Waals surface area contributed by atoms with Gasteiger partial charge in [0.2, 0.25) is 5.91 Å². The number of amides is 1. The van der Waals surface area contributed by atoms with Crippen LogP contribution in [0.2, 0.25) is 9.36 Å². The number of halogens is 2. The quantitative estimate of drug-likeness (QED) is 0.482. The summed E-state index contributed by atoms with van der Waals surface area (Å²) in [4.78, 5) is 26.9. The van der Waals surface area contributed by atoms with E-state index >= 15 is 0 Å². The molecular formula is C23H26Cl2N2O4S2. The Labute approximate surface area is 210 Å². The Kier molecular flexibility index (Phi) is 7.80. The van der Waals surface area contributed by atoms with Crippen LogP contribution in [0.4, 0.5) is 0 Å². The van der Waals surface area contributed by atoms with Crippen LogP contribution in [0.25, 0.3) is 0 Å². The van der Waals surface area contributed by atoms with Crippen LogP contribution in [0, 0.1) is 11.8 Å². The van der Waals surface area contributed by atoms with Gasteiger partial charge in [0.25, 0.3) is 0 Å². The number of likely N-dealkylation sites (N-methyl/N-ethyl adjacent to an activating group) is 1. The fraction of sp³-hybridized carbons (Fsp3) is 0.478. The number of hydrogen-bond acceptors (Lipinski definition) is 4. The molecule has 0 radical (unpaired) electrons. The van der Waals surface area contributed by atoms with E-state index in [-0.39, 0.29) is 24.4 Å². The fourth-order valence-corrected chi connectivity index (χ4v) is 7.37. The largest absolute Gasteiger partial charge is 0.481 e. The minimum Gasteiger partial charge on any atom is -0.481 e. The first-order chi connectivity index (χ1) is 15.7. The number of benzene rings is 1. The minimum atomic E-state index is -1.39. The second kappa shape index (κ2) is 10.4. The van der Waals surface area contributed by atoms with Crippen molar-refractivity contribution in [3.05, 3.63) is 51.3 Å². The summed E-state index contributed by atoms with van der Waals surface area (Å²) < 4.78 is 16.1. The van der Waals surface area contributed by atoms with Crippen molar-refractivity contribution in [3.8, 4) is 0 Å². The average Bonchev–Trinajstić information content (AvgIpc) is 3.53. The lowest BCUT2D eigenvalue weighted by Crippen LogP contribution is -2.53. The summed E-state index contributed by atoms with van der Waals surface area (Å²) in [6.07, 6.45) is 3.03. The zero-order valence-electron chi connectivity index (χ0n) is 18.2. The van der Waals surface area contributed by atoms with E-state index in [2.05, 4.69) is 0 Å². The number of piperidine rings is 1. The molecule has 3 unspecified atom stereocenters. The van der Waals surface area contributed by atoms with Gasteiger partial charge in [-0.05, 0) is 61.4 Å². The molecule has 1 aliphatic carbocycles. The summed E-state index contributed by atoms with van der Waals surface area (Å²) >= 11 is 13.4. The van der Waals surface area contributed by atoms with Crippen molar-refractivity contribution in [1.29, 1.82) is 0 Å². The minimum absolute atomic E-state index is 0.126. The van der Waals surface area contributed by atoms with Crippen LogP contribution in [0.3, 0.4) is 0 Å². The molecule has 1 saturated carbocycles. The number of carbonyl (C=O) groups excluding carboxylic acids is 1. The van der Waals surface area contributed by atoms with Gasteiger partial charge in [0.15, 0.2) is 0 Å². The maximum atomic E-state index is 13.6. The highest BCUT2D eigenvalue weighted by Crippen LogP contribution is 2.44. The van der Waals surface area contributed by atoms with Crippen LogP contribution in [-0.2, 0) is 20.6 Å². The van der Waals surface area contributed by atoms with Gasteiger partial charge in [0, 0.05) is 30.6 Å². The normalized spacial score (nSPS) is 23.0. The molecule has 1 N–H and O–H groups in total. The van der Waals surface area contributed by atoms with Gasteiger partial charge in [-0.3, -0.25) is 9.59 Å². The van der Waals surface area contributed by atoms with Crippen molar-refractivity contribution in [1.82, 2.24) is 9.21 Å². The standard InChI is InChI=1S/C23H26Cl2N2O4S2/c1-26(33(31)22-11-10-20(25)32-22)13-19(15-2-3-15)27-18(14-4-7-17(24)8-5-14)9-6-16(23(27)30)12-21(28)29/h4-5,7-8,10-11,15-16,18-19H,2-3,6,9,12-13H2,1H3,(H,28,29)/t16-,18?,19?,33?/m1/s1. The summed E-state index contributed by atoms with van der Waals surface area (Å²) in [5.74, 6) is -1.33. The van der Waals surface area contributed by atoms with Crippen molar-refractivity contribution in [2.45, 2.75) is 48.4 Å². The molecule has 4 atom stereocenters. The number of hydrogen-bond donors (Lipinski definition) is 1. The maximum absolute atomic E-state index is 13.6. The lowest BCUT2D eigenvalue weighted by Gasteiger charge is -2.45. The Morgan fingerprint density at radius 1 is 1.18 bits per heavy atom. The van der Waals surface area contributed by atoms with E-state index in [1.54, 1.807) is 23.5 Å². The fourth-order valence-electron chi connectivity index (χ4n) is 4.61. The van der Waals surface area contributed by atoms with Gasteiger partial charge in [0.1, 0.15) is 15.2 Å². The highest BCUT2D eigenvalue weighted by Gasteiger charge is 2.46. The van der Waals surface area contributed by atoms with Gasteiger partial charge in [-0.1, -0.05) is 35.3 Å². The molecule has 1 amide bonds. The molecule has 1 aromatic carbocycles. The van der Waals surface area contributed by atoms with E-state index in [9.17, 15) is 18.9 Å². The molecular weight excluding hydrogens is 503 g/mol. The molecule has 33 heavy (non-hydrogen) atoms. The Morgan fingerprint density at radius 3 is 2.45 bits per heavy atom. The van der Waals surface area contributed by atoms with Crippen molar-refractivity contribution >= 4 is 57.4 Å². The molecule has 1 aliphatic heterocycles. The van der Waals surface area contributed by atoms with Crippen LogP contribution >= 0.6 is 34.5 Å². The predicted molar refractivity (Wildman–Crippen MR) is 131 cm³/mol. The Balaban J connectivity index is 1.63. The molecule has 0 bridgehead atoms. The molecule has 2 aromatic rings. The number of nitrogens with zero attached hydrogens (tertiary/aromatic N) is 2. The van der Waals surface area contributed by atoms with Crippen LogP contribution in [-0.4, -0.2) is 50.0 Å². The van der Waals surface area contributed by atoms with E-state index in [0.717, 1.165) is 18.4 Å². The van der Waals surface area contributed by atoms with Crippen LogP contribution in [0.5, 0.6) is 0 Å². The SMILES string of the molecule is CN(CC(C1CC1)N1C(=O)[C@@H](CC(=O)O)CCC1c1ccc(Cl)cc1)S(=O)c1ccc(Cl)s1. The topological polar surface area (TPSA) is 77.9 Å². The highest BCUT2D eigenvalue weighted by atomic mass is 35.5. The number of rotatable bonds is 9. The van der Waals surface area contributed by atoms with Crippen molar-refractivity contribution in [2.24, 2.45) is 11.8 Å². The molecule has 4 rings (SSSR count). The number of carbonyl (C=O) groups is 2. The predicted octanol–water partition coefficient (Wildman–Crippen LogP) is 5.24. The van der Waals surface area contributed by atoms with Gasteiger partial charge >= 0.3 is 5.97 Å². The third-order valence-electron chi connectivity index (χ3n) is 6.38. The number of aliphatic carboxylic acids is 1. The lowest BCUT2D eigenvalue weighted by molar-refractivity contribution is -0.152. The molecule has 1 saturated heterocycles. The van der Waals surface area contributed by atoms with Crippen molar-refractivity contribution in [3.63, 3.8) is 0 Å². The zero-order chi connectivity index (χ0) is 23.7. The molecule has 178 valence electrons. The van der Waals surface area contributed by atoms with E-state index in [0.29, 0.717) is 38.9 Å². The Morgan fingerprint density at radius 2 is 1.88 bits per heavy atom. The third-order valence-corrected chi connectivity index (χ3v) is 9.53. The van der Waals surface area contributed by atoms with Crippen molar-refractivity contribution < 1.29 is 18.9 Å². The molecule has 2 fully saturated rings. The highest BCUT2D eigenvalue weighted by molar-refractivity contribution is 7.85. The monoisotopic (exact) mass is 528 g/mol. The van der Waals surface area contributed by atoms with Gasteiger partial charge in [-0.2, -0.15) is 0 Å². The first-order valence-electron chi connectivity index (χ1n) is 10.9. The zero-order valence-corrected chi connectivity index (χ0v) is 21.3. The van der Waals surface area contributed by atoms with Gasteiger partial charge in [0.05, 0.1) is 16.8 Å². The van der Waals surface area contributed by atoms with Crippen LogP contribution in [0.15, 0.2) is 40.6 Å². The summed E-state index contributed by atoms with van der Waals surface area (Å²) in [7, 11) is 0.400. The molecule has 6 nitrogen and oxygen atoms in total. The summed E-state index contributed by atoms with van der Waals surface area (Å²) in [5.41, 5.74) is 0.987. The molecule has 0 spiro atoms. The Hall–Kier alpha value is -1.45. The van der Waals surface area contributed by atoms with E-state index < -0.39 is 22.9 Å². The Bertz CT molecular complexity index is 1040. The number of likely N-dealkylation sites (tertiary alicyclic amines) is 1. The van der Waals surface area contributed by atoms with Crippen molar-refractivity contribution in [2.75, 3.05) is 13.6 Å². The van der Waals surface area contributed by atoms with E-state index in [1.807, 2.05) is 29.2 Å². The number of carboxylic acids is 1. The lowest BCUT2D eigenvalue weighted by atomic mass is 9.84. The molecule has 2 heterocycles. The van der Waals surface area contributed by atoms with Crippen LogP contribution < -0.4 is 0 Å². The number of carboxylic acid groups (broad SMARTS) is 1. The van der Waals surface area contributed by atoms with E-state index in [1.165, 1.54) is 11.3 Å². The third kappa shape index (κ3) is 5.80. The summed E-state index contributed by atoms with van der Waals surface area (Å²) in [6, 6.07) is 10.7. The van der Waals surface area contributed by atoms with Gasteiger partial charge < -0.3 is 10.0 Å². The smallest absolute Gasteiger partial charge is 0.304 e. The average molecular weight is 530 g/mol. The van der Waals surface area contributed by atoms with E-state index in [4.69, 9.17) is 23.2 Å². The van der Waals surface area contributed by atoms with Crippen LogP contribution in [0.1, 0.15) is 43.7 Å². The van der Waals surface area contributed by atoms with Gasteiger partial charge in [-0.25, -0.2) is 8.51 Å². The summed E-state index contributed by atoms with van der Waals surface area (Å²) in [5, 5.41) is 9.97. The molecule has 1 aromatic heterocycles. The first kappa shape index (κ1) is 24.7. The van der Waals surface area contributed by atoms with Gasteiger partial charge in [-0.15, -0.1) is 11.3 Å².